The molecule has 0 unspecified atom stereocenters. The van der Waals surface area contributed by atoms with Gasteiger partial charge in [-0.05, 0) is 24.3 Å². The van der Waals surface area contributed by atoms with Gasteiger partial charge in [0.15, 0.2) is 0 Å². The van der Waals surface area contributed by atoms with Crippen LogP contribution >= 0.6 is 34.8 Å². The van der Waals surface area contributed by atoms with Crippen LogP contribution in [0.3, 0.4) is 0 Å². The number of aromatic amines is 1. The predicted molar refractivity (Wildman–Crippen MR) is 101 cm³/mol. The summed E-state index contributed by atoms with van der Waals surface area (Å²) in [5.41, 5.74) is 4.45. The van der Waals surface area contributed by atoms with E-state index >= 15 is 0 Å². The molecule has 1 aromatic heterocycles. The molecular formula is C17H11Cl3N4O. The van der Waals surface area contributed by atoms with Crippen LogP contribution in [0.1, 0.15) is 16.1 Å². The number of benzene rings is 2. The summed E-state index contributed by atoms with van der Waals surface area (Å²) in [6.45, 7) is 0. The molecule has 0 spiro atoms. The lowest BCUT2D eigenvalue weighted by atomic mass is 10.1. The maximum absolute atomic E-state index is 12.1. The average Bonchev–Trinajstić information content (AvgIpc) is 3.08. The van der Waals surface area contributed by atoms with Crippen molar-refractivity contribution >= 4 is 46.9 Å². The molecule has 1 amide bonds. The molecule has 8 heteroatoms. The maximum atomic E-state index is 12.1. The Morgan fingerprint density at radius 3 is 2.44 bits per heavy atom. The Kier molecular flexibility index (Phi) is 5.38. The zero-order chi connectivity index (χ0) is 17.8. The van der Waals surface area contributed by atoms with Crippen LogP contribution in [0.15, 0.2) is 53.6 Å². The smallest absolute Gasteiger partial charge is 0.272 e. The molecule has 0 aliphatic carbocycles. The lowest BCUT2D eigenvalue weighted by Gasteiger charge is -2.00. The van der Waals surface area contributed by atoms with E-state index < -0.39 is 5.91 Å². The quantitative estimate of drug-likeness (QED) is 0.494. The van der Waals surface area contributed by atoms with Crippen molar-refractivity contribution in [2.24, 2.45) is 5.10 Å². The second-order valence-electron chi connectivity index (χ2n) is 4.98. The molecule has 0 aliphatic rings. The molecule has 126 valence electrons. The van der Waals surface area contributed by atoms with Gasteiger partial charge in [-0.25, -0.2) is 5.43 Å². The highest BCUT2D eigenvalue weighted by Crippen LogP contribution is 2.26. The zero-order valence-corrected chi connectivity index (χ0v) is 14.9. The summed E-state index contributed by atoms with van der Waals surface area (Å²) in [7, 11) is 0. The monoisotopic (exact) mass is 392 g/mol. The minimum atomic E-state index is -0.453. The van der Waals surface area contributed by atoms with Crippen LogP contribution < -0.4 is 5.43 Å². The van der Waals surface area contributed by atoms with E-state index in [1.54, 1.807) is 30.3 Å². The number of amides is 1. The van der Waals surface area contributed by atoms with Crippen LogP contribution in [-0.2, 0) is 0 Å². The summed E-state index contributed by atoms with van der Waals surface area (Å²) in [5.74, 6) is -0.453. The van der Waals surface area contributed by atoms with Gasteiger partial charge >= 0.3 is 0 Å². The molecule has 2 N–H and O–H groups in total. The second kappa shape index (κ2) is 7.70. The molecule has 0 bridgehead atoms. The van der Waals surface area contributed by atoms with Gasteiger partial charge in [-0.3, -0.25) is 9.89 Å². The van der Waals surface area contributed by atoms with Crippen molar-refractivity contribution < 1.29 is 4.79 Å². The molecule has 3 rings (SSSR count). The third-order valence-corrected chi connectivity index (χ3v) is 4.32. The maximum Gasteiger partial charge on any atom is 0.289 e. The molecule has 5 nitrogen and oxygen atoms in total. The number of nitrogens with one attached hydrogen (secondary N) is 2. The Morgan fingerprint density at radius 2 is 1.72 bits per heavy atom. The standard InChI is InChI=1S/C17H11Cl3N4O/c18-12-5-2-1-4-10(12)15-8-16(23-22-15)17(25)24-21-9-11-13(19)6-3-7-14(11)20/h1-9H,(H,22,23)(H,24,25)/b21-9+. The molecule has 0 saturated carbocycles. The number of aromatic nitrogens is 2. The Hall–Kier alpha value is -2.34. The Morgan fingerprint density at radius 1 is 1.04 bits per heavy atom. The predicted octanol–water partition coefficient (Wildman–Crippen LogP) is 4.80. The van der Waals surface area contributed by atoms with Gasteiger partial charge < -0.3 is 0 Å². The van der Waals surface area contributed by atoms with Crippen LogP contribution in [0.2, 0.25) is 15.1 Å². The molecular weight excluding hydrogens is 383 g/mol. The van der Waals surface area contributed by atoms with Gasteiger partial charge in [-0.1, -0.05) is 59.1 Å². The van der Waals surface area contributed by atoms with Crippen molar-refractivity contribution in [1.29, 1.82) is 0 Å². The topological polar surface area (TPSA) is 70.1 Å². The second-order valence-corrected chi connectivity index (χ2v) is 6.20. The molecule has 0 atom stereocenters. The van der Waals surface area contributed by atoms with Gasteiger partial charge in [0.2, 0.25) is 0 Å². The van der Waals surface area contributed by atoms with Gasteiger partial charge in [0.25, 0.3) is 5.91 Å². The fourth-order valence-corrected chi connectivity index (χ4v) is 2.82. The number of hydrogen-bond acceptors (Lipinski definition) is 3. The van der Waals surface area contributed by atoms with Gasteiger partial charge in [0, 0.05) is 11.1 Å². The largest absolute Gasteiger partial charge is 0.289 e. The normalized spacial score (nSPS) is 11.0. The molecule has 3 aromatic rings. The van der Waals surface area contributed by atoms with Crippen LogP contribution in [0.25, 0.3) is 11.3 Å². The van der Waals surface area contributed by atoms with Gasteiger partial charge in [-0.15, -0.1) is 0 Å². The number of H-pyrrole nitrogens is 1. The molecule has 2 aromatic carbocycles. The first-order chi connectivity index (χ1) is 12.1. The van der Waals surface area contributed by atoms with Crippen LogP contribution in [0.5, 0.6) is 0 Å². The number of hydrazone groups is 1. The highest BCUT2D eigenvalue weighted by Gasteiger charge is 2.12. The Balaban J connectivity index is 1.73. The van der Waals surface area contributed by atoms with Crippen molar-refractivity contribution in [3.63, 3.8) is 0 Å². The molecule has 0 saturated heterocycles. The number of hydrogen-bond donors (Lipinski definition) is 2. The minimum absolute atomic E-state index is 0.248. The number of rotatable bonds is 4. The Labute approximate surface area is 158 Å². The first-order valence-corrected chi connectivity index (χ1v) is 8.27. The van der Waals surface area contributed by atoms with Crippen molar-refractivity contribution in [2.75, 3.05) is 0 Å². The fourth-order valence-electron chi connectivity index (χ4n) is 2.09. The summed E-state index contributed by atoms with van der Waals surface area (Å²) in [6.07, 6.45) is 1.38. The van der Waals surface area contributed by atoms with Crippen molar-refractivity contribution in [2.45, 2.75) is 0 Å². The fraction of sp³-hybridized carbons (Fsp3) is 0. The van der Waals surface area contributed by atoms with Crippen molar-refractivity contribution in [3.8, 4) is 11.3 Å². The lowest BCUT2D eigenvalue weighted by Crippen LogP contribution is -2.18. The van der Waals surface area contributed by atoms with Crippen molar-refractivity contribution in [1.82, 2.24) is 15.6 Å². The SMILES string of the molecule is O=C(N/N=C/c1c(Cl)cccc1Cl)c1cc(-c2ccccc2Cl)n[nH]1. The van der Waals surface area contributed by atoms with Crippen LogP contribution in [0.4, 0.5) is 0 Å². The van der Waals surface area contributed by atoms with E-state index in [1.165, 1.54) is 6.21 Å². The molecule has 0 fully saturated rings. The molecule has 25 heavy (non-hydrogen) atoms. The summed E-state index contributed by atoms with van der Waals surface area (Å²) in [4.78, 5) is 12.1. The highest BCUT2D eigenvalue weighted by molar-refractivity contribution is 6.38. The minimum Gasteiger partial charge on any atom is -0.272 e. The first-order valence-electron chi connectivity index (χ1n) is 7.14. The molecule has 1 heterocycles. The number of nitrogens with zero attached hydrogens (tertiary/aromatic N) is 2. The number of carbonyl (C=O) groups is 1. The van der Waals surface area contributed by atoms with Gasteiger partial charge in [0.05, 0.1) is 27.0 Å². The van der Waals surface area contributed by atoms with Crippen LogP contribution in [0, 0.1) is 0 Å². The third kappa shape index (κ3) is 4.02. The Bertz CT molecular complexity index is 932. The van der Waals surface area contributed by atoms with E-state index in [0.717, 1.165) is 5.56 Å². The van der Waals surface area contributed by atoms with E-state index in [4.69, 9.17) is 34.8 Å². The van der Waals surface area contributed by atoms with Gasteiger partial charge in [-0.2, -0.15) is 10.2 Å². The summed E-state index contributed by atoms with van der Waals surface area (Å²) >= 11 is 18.2. The highest BCUT2D eigenvalue weighted by atomic mass is 35.5. The van der Waals surface area contributed by atoms with E-state index in [-0.39, 0.29) is 5.69 Å². The summed E-state index contributed by atoms with van der Waals surface area (Å²) in [5, 5.41) is 12.1. The van der Waals surface area contributed by atoms with Crippen LogP contribution in [-0.4, -0.2) is 22.3 Å². The van der Waals surface area contributed by atoms with E-state index in [0.29, 0.717) is 26.3 Å². The van der Waals surface area contributed by atoms with Crippen molar-refractivity contribution in [3.05, 3.63) is 74.9 Å². The third-order valence-electron chi connectivity index (χ3n) is 3.33. The van der Waals surface area contributed by atoms with Gasteiger partial charge in [0.1, 0.15) is 5.69 Å². The zero-order valence-electron chi connectivity index (χ0n) is 12.6. The molecule has 0 radical (unpaired) electrons. The van der Waals surface area contributed by atoms with E-state index in [9.17, 15) is 4.79 Å². The number of carbonyl (C=O) groups excluding carboxylic acids is 1. The first kappa shape index (κ1) is 17.5. The summed E-state index contributed by atoms with van der Waals surface area (Å²) in [6, 6.07) is 13.9. The average molecular weight is 394 g/mol. The summed E-state index contributed by atoms with van der Waals surface area (Å²) < 4.78 is 0. The molecule has 0 aliphatic heterocycles. The lowest BCUT2D eigenvalue weighted by molar-refractivity contribution is 0.0950. The van der Waals surface area contributed by atoms with E-state index in [2.05, 4.69) is 20.7 Å². The number of halogens is 3. The van der Waals surface area contributed by atoms with E-state index in [1.807, 2.05) is 18.2 Å².